The maximum absolute atomic E-state index is 11.0. The molecule has 0 saturated carbocycles. The fourth-order valence-corrected chi connectivity index (χ4v) is 4.85. The van der Waals surface area contributed by atoms with Gasteiger partial charge < -0.3 is 10.0 Å². The molecule has 0 bridgehead atoms. The molecule has 2 heteroatoms. The summed E-state index contributed by atoms with van der Waals surface area (Å²) in [7, 11) is 0. The van der Waals surface area contributed by atoms with Gasteiger partial charge in [-0.25, -0.2) is 0 Å². The Kier molecular flexibility index (Phi) is 2.75. The van der Waals surface area contributed by atoms with Gasteiger partial charge in [0.1, 0.15) is 0 Å². The van der Waals surface area contributed by atoms with Crippen molar-refractivity contribution in [1.29, 1.82) is 0 Å². The standard InChI is InChI=1S/C21H21NO/c23-20-10-5-8-18-19-9-3-4-11-22(19)14-17-12-15-6-1-2-7-16(15)13-21(17,18)20/h1-5,7-10,12,15,20,23H,6,11,13-14H2. The van der Waals surface area contributed by atoms with Gasteiger partial charge in [-0.1, -0.05) is 60.3 Å². The lowest BCUT2D eigenvalue weighted by Crippen LogP contribution is -2.51. The van der Waals surface area contributed by atoms with Gasteiger partial charge in [-0.2, -0.15) is 0 Å². The van der Waals surface area contributed by atoms with Gasteiger partial charge in [-0.3, -0.25) is 0 Å². The lowest BCUT2D eigenvalue weighted by Gasteiger charge is -2.54. The lowest BCUT2D eigenvalue weighted by molar-refractivity contribution is 0.0917. The number of hydrogen-bond donors (Lipinski definition) is 1. The maximum Gasteiger partial charge on any atom is 0.0862 e. The Labute approximate surface area is 137 Å². The minimum atomic E-state index is -0.435. The lowest BCUT2D eigenvalue weighted by atomic mass is 9.56. The summed E-state index contributed by atoms with van der Waals surface area (Å²) in [6, 6.07) is 0. The van der Waals surface area contributed by atoms with Gasteiger partial charge in [-0.15, -0.1) is 0 Å². The molecule has 0 aromatic rings. The summed E-state index contributed by atoms with van der Waals surface area (Å²) in [5.41, 5.74) is 5.21. The summed E-state index contributed by atoms with van der Waals surface area (Å²) in [6.45, 7) is 1.90. The number of aliphatic hydroxyl groups is 1. The minimum Gasteiger partial charge on any atom is -0.388 e. The highest BCUT2D eigenvalue weighted by Gasteiger charge is 2.52. The van der Waals surface area contributed by atoms with Crippen molar-refractivity contribution in [3.05, 3.63) is 83.2 Å². The van der Waals surface area contributed by atoms with Crippen molar-refractivity contribution in [2.45, 2.75) is 18.9 Å². The van der Waals surface area contributed by atoms with Crippen LogP contribution in [0.15, 0.2) is 83.2 Å². The smallest absolute Gasteiger partial charge is 0.0862 e. The summed E-state index contributed by atoms with van der Waals surface area (Å²) < 4.78 is 0. The van der Waals surface area contributed by atoms with E-state index in [9.17, 15) is 5.11 Å². The van der Waals surface area contributed by atoms with Crippen LogP contribution in [-0.4, -0.2) is 29.2 Å². The van der Waals surface area contributed by atoms with E-state index in [1.165, 1.54) is 22.4 Å². The van der Waals surface area contributed by atoms with Gasteiger partial charge in [-0.05, 0) is 30.1 Å². The Morgan fingerprint density at radius 3 is 2.96 bits per heavy atom. The third-order valence-corrected chi connectivity index (χ3v) is 6.01. The molecular formula is C21H21NO. The fourth-order valence-electron chi connectivity index (χ4n) is 4.85. The van der Waals surface area contributed by atoms with E-state index in [0.29, 0.717) is 5.92 Å². The largest absolute Gasteiger partial charge is 0.388 e. The van der Waals surface area contributed by atoms with Crippen LogP contribution in [0.2, 0.25) is 0 Å². The molecule has 0 amide bonds. The van der Waals surface area contributed by atoms with Crippen molar-refractivity contribution in [2.75, 3.05) is 13.1 Å². The highest BCUT2D eigenvalue weighted by molar-refractivity contribution is 5.57. The van der Waals surface area contributed by atoms with E-state index in [4.69, 9.17) is 0 Å². The molecule has 3 unspecified atom stereocenters. The van der Waals surface area contributed by atoms with Gasteiger partial charge in [0.15, 0.2) is 0 Å². The second-order valence-electron chi connectivity index (χ2n) is 7.12. The third-order valence-electron chi connectivity index (χ3n) is 6.01. The molecule has 2 nitrogen and oxygen atoms in total. The SMILES string of the molecule is OC1C=CC=C2C3=CC=CCN3CC3=CC4CC=CC=C4CC321. The summed E-state index contributed by atoms with van der Waals surface area (Å²) >= 11 is 0. The quantitative estimate of drug-likeness (QED) is 0.693. The number of piperidine rings is 1. The molecule has 1 N–H and O–H groups in total. The first-order valence-corrected chi connectivity index (χ1v) is 8.55. The zero-order valence-corrected chi connectivity index (χ0v) is 13.2. The number of rotatable bonds is 0. The van der Waals surface area contributed by atoms with Crippen LogP contribution in [0.25, 0.3) is 0 Å². The normalized spacial score (nSPS) is 36.8. The highest BCUT2D eigenvalue weighted by atomic mass is 16.3. The average molecular weight is 303 g/mol. The molecule has 0 aromatic heterocycles. The zero-order chi connectivity index (χ0) is 15.4. The molecule has 23 heavy (non-hydrogen) atoms. The molecule has 2 aliphatic heterocycles. The van der Waals surface area contributed by atoms with E-state index in [0.717, 1.165) is 25.9 Å². The van der Waals surface area contributed by atoms with Crippen LogP contribution in [0.5, 0.6) is 0 Å². The van der Waals surface area contributed by atoms with Crippen molar-refractivity contribution in [3.8, 4) is 0 Å². The number of nitrogens with zero attached hydrogens (tertiary/aromatic N) is 1. The minimum absolute atomic E-state index is 0.254. The first-order chi connectivity index (χ1) is 11.3. The Balaban J connectivity index is 1.73. The zero-order valence-electron chi connectivity index (χ0n) is 13.2. The summed E-state index contributed by atoms with van der Waals surface area (Å²) in [6.07, 6.45) is 23.5. The first kappa shape index (κ1) is 13.4. The van der Waals surface area contributed by atoms with Gasteiger partial charge >= 0.3 is 0 Å². The summed E-state index contributed by atoms with van der Waals surface area (Å²) in [5.74, 6) is 0.519. The summed E-state index contributed by atoms with van der Waals surface area (Å²) in [5, 5.41) is 11.0. The van der Waals surface area contributed by atoms with Gasteiger partial charge in [0.25, 0.3) is 0 Å². The van der Waals surface area contributed by atoms with Crippen LogP contribution < -0.4 is 0 Å². The molecule has 0 aromatic carbocycles. The van der Waals surface area contributed by atoms with Crippen molar-refractivity contribution in [2.24, 2.45) is 11.3 Å². The van der Waals surface area contributed by atoms with Crippen LogP contribution >= 0.6 is 0 Å². The third kappa shape index (κ3) is 1.73. The fraction of sp³-hybridized carbons (Fsp3) is 0.333. The molecule has 116 valence electrons. The molecule has 1 spiro atoms. The van der Waals surface area contributed by atoms with E-state index >= 15 is 0 Å². The second kappa shape index (κ2) is 4.72. The summed E-state index contributed by atoms with van der Waals surface area (Å²) in [4.78, 5) is 2.44. The van der Waals surface area contributed by atoms with E-state index < -0.39 is 6.10 Å². The molecule has 1 fully saturated rings. The number of allylic oxidation sites excluding steroid dienone is 10. The van der Waals surface area contributed by atoms with Crippen LogP contribution in [0.4, 0.5) is 0 Å². The van der Waals surface area contributed by atoms with Crippen LogP contribution in [0.3, 0.4) is 0 Å². The van der Waals surface area contributed by atoms with Crippen LogP contribution in [-0.2, 0) is 0 Å². The average Bonchev–Trinajstić information content (AvgIpc) is 2.59. The molecule has 3 atom stereocenters. The molecule has 5 aliphatic rings. The highest BCUT2D eigenvalue weighted by Crippen LogP contribution is 2.57. The van der Waals surface area contributed by atoms with Crippen LogP contribution in [0.1, 0.15) is 12.8 Å². The first-order valence-electron chi connectivity index (χ1n) is 8.55. The Bertz CT molecular complexity index is 774. The maximum atomic E-state index is 11.0. The number of aliphatic hydroxyl groups excluding tert-OH is 1. The van der Waals surface area contributed by atoms with E-state index in [1.54, 1.807) is 0 Å². The monoisotopic (exact) mass is 303 g/mol. The second-order valence-corrected chi connectivity index (χ2v) is 7.12. The molecule has 3 aliphatic carbocycles. The molecule has 1 saturated heterocycles. The van der Waals surface area contributed by atoms with E-state index in [2.05, 4.69) is 53.5 Å². The van der Waals surface area contributed by atoms with Crippen LogP contribution in [0, 0.1) is 11.3 Å². The Morgan fingerprint density at radius 2 is 2.00 bits per heavy atom. The molecule has 2 heterocycles. The van der Waals surface area contributed by atoms with Crippen molar-refractivity contribution in [1.82, 2.24) is 4.90 Å². The van der Waals surface area contributed by atoms with E-state index in [1.807, 2.05) is 12.2 Å². The van der Waals surface area contributed by atoms with Crippen molar-refractivity contribution in [3.63, 3.8) is 0 Å². The Hall–Kier alpha value is -2.06. The van der Waals surface area contributed by atoms with E-state index in [-0.39, 0.29) is 5.41 Å². The Morgan fingerprint density at radius 1 is 1.09 bits per heavy atom. The van der Waals surface area contributed by atoms with Gasteiger partial charge in [0, 0.05) is 24.7 Å². The number of hydrogen-bond acceptors (Lipinski definition) is 2. The molecule has 5 rings (SSSR count). The predicted octanol–water partition coefficient (Wildman–Crippen LogP) is 3.43. The number of fused-ring (bicyclic) bond motifs is 3. The van der Waals surface area contributed by atoms with Gasteiger partial charge in [0.05, 0.1) is 11.5 Å². The molecular weight excluding hydrogens is 282 g/mol. The topological polar surface area (TPSA) is 23.5 Å². The van der Waals surface area contributed by atoms with Crippen molar-refractivity contribution >= 4 is 0 Å². The predicted molar refractivity (Wildman–Crippen MR) is 92.5 cm³/mol. The molecule has 0 radical (unpaired) electrons. The van der Waals surface area contributed by atoms with Crippen molar-refractivity contribution < 1.29 is 5.11 Å². The van der Waals surface area contributed by atoms with Gasteiger partial charge in [0.2, 0.25) is 0 Å².